The first-order valence-electron chi connectivity index (χ1n) is 7.72. The number of aliphatic imine (C=N–C) groups is 1. The maximum atomic E-state index is 11.9. The summed E-state index contributed by atoms with van der Waals surface area (Å²) < 4.78 is 29.8. The second-order valence-electron chi connectivity index (χ2n) is 6.60. The Labute approximate surface area is 151 Å². The molecular formula is C16H19N3O4S2. The summed E-state index contributed by atoms with van der Waals surface area (Å²) in [6, 6.07) is 4.13. The van der Waals surface area contributed by atoms with Crippen molar-refractivity contribution in [3.8, 4) is 11.9 Å². The second kappa shape index (κ2) is 6.20. The summed E-state index contributed by atoms with van der Waals surface area (Å²) in [7, 11) is -3.40. The molecule has 1 fully saturated rings. The van der Waals surface area contributed by atoms with Crippen molar-refractivity contribution >= 4 is 26.8 Å². The number of aliphatic hydroxyl groups is 1. The van der Waals surface area contributed by atoms with Gasteiger partial charge in [0.1, 0.15) is 17.5 Å². The van der Waals surface area contributed by atoms with Gasteiger partial charge in [-0.2, -0.15) is 5.26 Å². The summed E-state index contributed by atoms with van der Waals surface area (Å²) >= 11 is 1.44. The fraction of sp³-hybridized carbons (Fsp3) is 0.500. The zero-order chi connectivity index (χ0) is 18.4. The van der Waals surface area contributed by atoms with Gasteiger partial charge in [-0.05, 0) is 32.0 Å². The molecule has 0 aliphatic carbocycles. The van der Waals surface area contributed by atoms with E-state index in [-0.39, 0.29) is 4.90 Å². The van der Waals surface area contributed by atoms with Crippen molar-refractivity contribution in [2.75, 3.05) is 18.6 Å². The number of amidine groups is 1. The number of aliphatic hydroxyl groups excluding tert-OH is 1. The topological polar surface area (TPSA) is 103 Å². The Kier molecular flexibility index (Phi) is 4.47. The highest BCUT2D eigenvalue weighted by molar-refractivity contribution is 8.14. The first-order chi connectivity index (χ1) is 11.6. The van der Waals surface area contributed by atoms with Crippen molar-refractivity contribution in [2.45, 2.75) is 36.5 Å². The van der Waals surface area contributed by atoms with Crippen LogP contribution in [0.5, 0.6) is 5.75 Å². The Hall–Kier alpha value is -1.76. The van der Waals surface area contributed by atoms with Gasteiger partial charge in [-0.3, -0.25) is 0 Å². The van der Waals surface area contributed by atoms with Crippen LogP contribution in [0.1, 0.15) is 25.5 Å². The van der Waals surface area contributed by atoms with Crippen LogP contribution in [0.25, 0.3) is 0 Å². The standard InChI is InChI=1S/C16H19N3O4S2/c1-16(2)14(20)13(19-6-7-24-15(19)18-9-17)11-8-10(25(3,21)22)4-5-12(11)23-16/h4-5,8,13-14,20H,6-7H2,1-3H3/b18-15+/t13-,14+/m0/s1. The van der Waals surface area contributed by atoms with Crippen LogP contribution in [0.15, 0.2) is 28.1 Å². The number of hydrogen-bond donors (Lipinski definition) is 1. The molecule has 0 saturated carbocycles. The maximum absolute atomic E-state index is 11.9. The fourth-order valence-corrected chi connectivity index (χ4v) is 4.73. The van der Waals surface area contributed by atoms with Crippen molar-refractivity contribution in [2.24, 2.45) is 4.99 Å². The first kappa shape index (κ1) is 18.0. The van der Waals surface area contributed by atoms with E-state index in [2.05, 4.69) is 4.99 Å². The van der Waals surface area contributed by atoms with E-state index in [0.717, 1.165) is 12.0 Å². The van der Waals surface area contributed by atoms with E-state index in [1.165, 1.54) is 17.8 Å². The zero-order valence-corrected chi connectivity index (χ0v) is 15.8. The van der Waals surface area contributed by atoms with E-state index >= 15 is 0 Å². The van der Waals surface area contributed by atoms with Crippen molar-refractivity contribution < 1.29 is 18.3 Å². The smallest absolute Gasteiger partial charge is 0.208 e. The molecule has 9 heteroatoms. The monoisotopic (exact) mass is 381 g/mol. The number of benzene rings is 1. The minimum atomic E-state index is -3.40. The predicted molar refractivity (Wildman–Crippen MR) is 95.2 cm³/mol. The van der Waals surface area contributed by atoms with Crippen LogP contribution in [0.2, 0.25) is 0 Å². The van der Waals surface area contributed by atoms with E-state index in [4.69, 9.17) is 10.00 Å². The molecule has 2 heterocycles. The average Bonchev–Trinajstić information content (AvgIpc) is 2.95. The Balaban J connectivity index is 2.17. The molecule has 1 aromatic rings. The number of thioether (sulfide) groups is 1. The van der Waals surface area contributed by atoms with Gasteiger partial charge in [-0.25, -0.2) is 8.42 Å². The number of fused-ring (bicyclic) bond motifs is 1. The van der Waals surface area contributed by atoms with Crippen LogP contribution in [0, 0.1) is 11.5 Å². The fourth-order valence-electron chi connectivity index (χ4n) is 3.12. The molecule has 1 aromatic carbocycles. The lowest BCUT2D eigenvalue weighted by molar-refractivity contribution is -0.0801. The quantitative estimate of drug-likeness (QED) is 0.775. The number of nitriles is 1. The minimum absolute atomic E-state index is 0.164. The molecule has 0 radical (unpaired) electrons. The summed E-state index contributed by atoms with van der Waals surface area (Å²) in [6.07, 6.45) is 2.01. The molecule has 2 aliphatic heterocycles. The molecule has 0 bridgehead atoms. The van der Waals surface area contributed by atoms with Gasteiger partial charge in [0.15, 0.2) is 15.0 Å². The van der Waals surface area contributed by atoms with Gasteiger partial charge in [0, 0.05) is 24.1 Å². The van der Waals surface area contributed by atoms with Crippen LogP contribution in [0.3, 0.4) is 0 Å². The number of sulfone groups is 1. The van der Waals surface area contributed by atoms with E-state index in [1.807, 2.05) is 4.90 Å². The molecule has 1 N–H and O–H groups in total. The van der Waals surface area contributed by atoms with Crippen molar-refractivity contribution in [1.82, 2.24) is 4.90 Å². The van der Waals surface area contributed by atoms with Crippen molar-refractivity contribution in [1.29, 1.82) is 5.26 Å². The normalized spacial score (nSPS) is 26.8. The summed E-state index contributed by atoms with van der Waals surface area (Å²) in [5.74, 6) is 1.27. The van der Waals surface area contributed by atoms with Crippen LogP contribution >= 0.6 is 11.8 Å². The molecule has 3 rings (SSSR count). The highest BCUT2D eigenvalue weighted by Crippen LogP contribution is 2.45. The van der Waals surface area contributed by atoms with E-state index < -0.39 is 27.6 Å². The third-order valence-corrected chi connectivity index (χ3v) is 6.48. The molecule has 25 heavy (non-hydrogen) atoms. The first-order valence-corrected chi connectivity index (χ1v) is 10.6. The van der Waals surface area contributed by atoms with E-state index in [1.54, 1.807) is 32.2 Å². The summed E-state index contributed by atoms with van der Waals surface area (Å²) in [5, 5.41) is 20.4. The van der Waals surface area contributed by atoms with Crippen LogP contribution in [0.4, 0.5) is 0 Å². The molecule has 7 nitrogen and oxygen atoms in total. The largest absolute Gasteiger partial charge is 0.485 e. The lowest BCUT2D eigenvalue weighted by atomic mass is 9.85. The molecule has 2 aliphatic rings. The van der Waals surface area contributed by atoms with Crippen LogP contribution in [-0.4, -0.2) is 53.9 Å². The summed E-state index contributed by atoms with van der Waals surface area (Å²) in [4.78, 5) is 5.87. The molecule has 0 amide bonds. The van der Waals surface area contributed by atoms with Crippen molar-refractivity contribution in [3.63, 3.8) is 0 Å². The predicted octanol–water partition coefficient (Wildman–Crippen LogP) is 1.55. The Morgan fingerprint density at radius 2 is 2.20 bits per heavy atom. The van der Waals surface area contributed by atoms with Gasteiger partial charge in [0.25, 0.3) is 0 Å². The molecule has 0 unspecified atom stereocenters. The van der Waals surface area contributed by atoms with Gasteiger partial charge in [0.05, 0.1) is 10.9 Å². The van der Waals surface area contributed by atoms with Gasteiger partial charge < -0.3 is 14.7 Å². The molecule has 2 atom stereocenters. The number of hydrogen-bond acceptors (Lipinski definition) is 7. The lowest BCUT2D eigenvalue weighted by Crippen LogP contribution is -2.53. The molecule has 134 valence electrons. The third-order valence-electron chi connectivity index (χ3n) is 4.40. The van der Waals surface area contributed by atoms with Crippen LogP contribution < -0.4 is 4.74 Å². The van der Waals surface area contributed by atoms with E-state index in [9.17, 15) is 13.5 Å². The number of nitrogens with zero attached hydrogens (tertiary/aromatic N) is 3. The average molecular weight is 381 g/mol. The highest BCUT2D eigenvalue weighted by atomic mass is 32.2. The van der Waals surface area contributed by atoms with Gasteiger partial charge in [-0.15, -0.1) is 4.99 Å². The Morgan fingerprint density at radius 3 is 2.84 bits per heavy atom. The highest BCUT2D eigenvalue weighted by Gasteiger charge is 2.47. The second-order valence-corrected chi connectivity index (χ2v) is 9.68. The maximum Gasteiger partial charge on any atom is 0.208 e. The summed E-state index contributed by atoms with van der Waals surface area (Å²) in [6.45, 7) is 4.16. The van der Waals surface area contributed by atoms with Gasteiger partial charge >= 0.3 is 0 Å². The molecule has 0 aromatic heterocycles. The Morgan fingerprint density at radius 1 is 1.48 bits per heavy atom. The Bertz CT molecular complexity index is 874. The van der Waals surface area contributed by atoms with E-state index in [0.29, 0.717) is 23.0 Å². The van der Waals surface area contributed by atoms with Crippen LogP contribution in [-0.2, 0) is 9.84 Å². The number of rotatable bonds is 2. The van der Waals surface area contributed by atoms with Crippen molar-refractivity contribution in [3.05, 3.63) is 23.8 Å². The molecule has 0 spiro atoms. The zero-order valence-electron chi connectivity index (χ0n) is 14.1. The third kappa shape index (κ3) is 3.21. The SMILES string of the molecule is CC1(C)Oc2ccc(S(C)(=O)=O)cc2[C@H](N2CCS/C2=N/C#N)[C@H]1O. The minimum Gasteiger partial charge on any atom is -0.485 e. The lowest BCUT2D eigenvalue weighted by Gasteiger charge is -2.45. The van der Waals surface area contributed by atoms with Gasteiger partial charge in [-0.1, -0.05) is 11.8 Å². The summed E-state index contributed by atoms with van der Waals surface area (Å²) in [5.41, 5.74) is -0.280. The molecule has 1 saturated heterocycles. The molecular weight excluding hydrogens is 362 g/mol. The van der Waals surface area contributed by atoms with Gasteiger partial charge in [0.2, 0.25) is 6.19 Å². The number of ether oxygens (including phenoxy) is 1.